The van der Waals surface area contributed by atoms with E-state index in [2.05, 4.69) is 31.2 Å². The average molecular weight is 496 g/mol. The first kappa shape index (κ1) is 19.7. The number of aryl methyl sites for hydroxylation is 2. The van der Waals surface area contributed by atoms with Gasteiger partial charge in [0.25, 0.3) is 0 Å². The van der Waals surface area contributed by atoms with E-state index < -0.39 is 11.9 Å². The van der Waals surface area contributed by atoms with E-state index in [1.54, 1.807) is 18.2 Å². The molecule has 1 aromatic carbocycles. The second kappa shape index (κ2) is 7.35. The summed E-state index contributed by atoms with van der Waals surface area (Å²) in [5.41, 5.74) is 0.210. The molecule has 0 N–H and O–H groups in total. The minimum absolute atomic E-state index is 0.0154. The van der Waals surface area contributed by atoms with E-state index >= 15 is 0 Å². The molecule has 0 bridgehead atoms. The number of alkyl halides is 3. The van der Waals surface area contributed by atoms with E-state index in [1.807, 2.05) is 0 Å². The van der Waals surface area contributed by atoms with Gasteiger partial charge in [-0.1, -0.05) is 28.4 Å². The zero-order valence-electron chi connectivity index (χ0n) is 14.1. The molecule has 5 nitrogen and oxygen atoms in total. The molecule has 28 heavy (non-hydrogen) atoms. The van der Waals surface area contributed by atoms with E-state index in [0.29, 0.717) is 21.3 Å². The first-order valence-corrected chi connectivity index (χ1v) is 9.90. The maximum Gasteiger partial charge on any atom is 0.436 e. The number of hydrogen-bond acceptors (Lipinski definition) is 4. The van der Waals surface area contributed by atoms with Crippen LogP contribution < -0.4 is 0 Å². The molecule has 11 heteroatoms. The van der Waals surface area contributed by atoms with Crippen LogP contribution in [0.1, 0.15) is 36.0 Å². The Morgan fingerprint density at radius 1 is 1.25 bits per heavy atom. The summed E-state index contributed by atoms with van der Waals surface area (Å²) in [6.07, 6.45) is -2.58. The van der Waals surface area contributed by atoms with Gasteiger partial charge in [0.05, 0.1) is 21.7 Å². The first-order valence-electron chi connectivity index (χ1n) is 8.35. The third kappa shape index (κ3) is 3.92. The zero-order valence-corrected chi connectivity index (χ0v) is 17.2. The Labute approximate surface area is 175 Å². The van der Waals surface area contributed by atoms with Crippen molar-refractivity contribution in [2.75, 3.05) is 0 Å². The monoisotopic (exact) mass is 494 g/mol. The highest BCUT2D eigenvalue weighted by Crippen LogP contribution is 2.47. The standard InChI is InChI=1S/C17H12BrCl2F3N4O/c18-13-14(8-1-2-8)27(25-15(13)17(21,22)23)6-5-12-24-16(26-28-12)10-4-3-9(19)7-11(10)20/h3-4,7-8H,1-2,5-6H2. The van der Waals surface area contributed by atoms with Crippen molar-refractivity contribution in [2.24, 2.45) is 0 Å². The SMILES string of the molecule is FC(F)(F)c1nn(CCc2nc(-c3ccc(Cl)cc3Cl)no2)c(C2CC2)c1Br. The third-order valence-electron chi connectivity index (χ3n) is 4.34. The Balaban J connectivity index is 1.55. The smallest absolute Gasteiger partial charge is 0.339 e. The van der Waals surface area contributed by atoms with Gasteiger partial charge in [0.15, 0.2) is 5.69 Å². The maximum atomic E-state index is 13.2. The minimum atomic E-state index is -4.52. The molecule has 1 saturated carbocycles. The fraction of sp³-hybridized carbons (Fsp3) is 0.353. The van der Waals surface area contributed by atoms with Crippen LogP contribution in [0.3, 0.4) is 0 Å². The molecular formula is C17H12BrCl2F3N4O. The van der Waals surface area contributed by atoms with Crippen LogP contribution in [-0.4, -0.2) is 19.9 Å². The predicted molar refractivity (Wildman–Crippen MR) is 100 cm³/mol. The molecule has 2 aromatic heterocycles. The zero-order chi connectivity index (χ0) is 20.1. The molecule has 1 fully saturated rings. The lowest BCUT2D eigenvalue weighted by Crippen LogP contribution is -2.10. The van der Waals surface area contributed by atoms with Crippen molar-refractivity contribution >= 4 is 39.1 Å². The highest BCUT2D eigenvalue weighted by atomic mass is 79.9. The van der Waals surface area contributed by atoms with Crippen molar-refractivity contribution in [3.63, 3.8) is 0 Å². The molecule has 3 aromatic rings. The van der Waals surface area contributed by atoms with Gasteiger partial charge in [-0.25, -0.2) is 0 Å². The molecule has 0 spiro atoms. The summed E-state index contributed by atoms with van der Waals surface area (Å²) in [6.45, 7) is 0.191. The molecule has 0 amide bonds. The van der Waals surface area contributed by atoms with Crippen LogP contribution in [0.4, 0.5) is 13.2 Å². The van der Waals surface area contributed by atoms with Crippen molar-refractivity contribution in [3.8, 4) is 11.4 Å². The number of aromatic nitrogens is 4. The molecule has 0 aliphatic heterocycles. The molecule has 1 aliphatic rings. The molecule has 2 heterocycles. The summed E-state index contributed by atoms with van der Waals surface area (Å²) in [7, 11) is 0. The Morgan fingerprint density at radius 3 is 2.64 bits per heavy atom. The number of rotatable bonds is 5. The second-order valence-corrected chi connectivity index (χ2v) is 8.07. The van der Waals surface area contributed by atoms with Crippen molar-refractivity contribution in [1.82, 2.24) is 19.9 Å². The summed E-state index contributed by atoms with van der Waals surface area (Å²) in [5, 5.41) is 8.51. The summed E-state index contributed by atoms with van der Waals surface area (Å²) >= 11 is 15.1. The normalized spacial score (nSPS) is 14.6. The van der Waals surface area contributed by atoms with Crippen LogP contribution in [0.2, 0.25) is 10.0 Å². The molecule has 148 valence electrons. The lowest BCUT2D eigenvalue weighted by Gasteiger charge is -2.04. The number of hydrogen-bond donors (Lipinski definition) is 0. The van der Waals surface area contributed by atoms with Gasteiger partial charge in [-0.05, 0) is 47.0 Å². The van der Waals surface area contributed by atoms with Crippen molar-refractivity contribution in [2.45, 2.75) is 37.9 Å². The minimum Gasteiger partial charge on any atom is -0.339 e. The summed E-state index contributed by atoms with van der Waals surface area (Å²) < 4.78 is 46.1. The highest BCUT2D eigenvalue weighted by molar-refractivity contribution is 9.10. The van der Waals surface area contributed by atoms with E-state index in [4.69, 9.17) is 27.7 Å². The quantitative estimate of drug-likeness (QED) is 0.426. The van der Waals surface area contributed by atoms with Gasteiger partial charge in [-0.15, -0.1) is 0 Å². The molecule has 0 saturated heterocycles. The molecule has 0 unspecified atom stereocenters. The Bertz CT molecular complexity index is 1030. The van der Waals surface area contributed by atoms with Crippen molar-refractivity contribution in [1.29, 1.82) is 0 Å². The first-order chi connectivity index (χ1) is 13.2. The van der Waals surface area contributed by atoms with Crippen LogP contribution >= 0.6 is 39.1 Å². The maximum absolute atomic E-state index is 13.2. The fourth-order valence-corrected chi connectivity index (χ4v) is 4.22. The van der Waals surface area contributed by atoms with Crippen LogP contribution in [0.15, 0.2) is 27.2 Å². The number of benzene rings is 1. The molecule has 0 radical (unpaired) electrons. The topological polar surface area (TPSA) is 56.7 Å². The summed E-state index contributed by atoms with van der Waals surface area (Å²) in [5.74, 6) is 0.656. The predicted octanol–water partition coefficient (Wildman–Crippen LogP) is 6.14. The summed E-state index contributed by atoms with van der Waals surface area (Å²) in [6, 6.07) is 4.89. The van der Waals surface area contributed by atoms with Gasteiger partial charge < -0.3 is 4.52 Å². The van der Waals surface area contributed by atoms with Gasteiger partial charge in [-0.3, -0.25) is 4.68 Å². The largest absolute Gasteiger partial charge is 0.436 e. The Morgan fingerprint density at radius 2 is 2.00 bits per heavy atom. The van der Waals surface area contributed by atoms with E-state index in [9.17, 15) is 13.2 Å². The van der Waals surface area contributed by atoms with Crippen LogP contribution in [0.5, 0.6) is 0 Å². The van der Waals surface area contributed by atoms with Crippen molar-refractivity contribution < 1.29 is 17.7 Å². The third-order valence-corrected chi connectivity index (χ3v) is 5.67. The molecular weight excluding hydrogens is 484 g/mol. The average Bonchev–Trinajstić information content (AvgIpc) is 3.22. The Hall–Kier alpha value is -1.58. The van der Waals surface area contributed by atoms with Gasteiger partial charge in [0.1, 0.15) is 0 Å². The highest BCUT2D eigenvalue weighted by Gasteiger charge is 2.41. The van der Waals surface area contributed by atoms with Gasteiger partial charge in [-0.2, -0.15) is 23.3 Å². The lowest BCUT2D eigenvalue weighted by atomic mass is 10.2. The van der Waals surface area contributed by atoms with E-state index in [1.165, 1.54) is 4.68 Å². The van der Waals surface area contributed by atoms with Crippen LogP contribution in [0, 0.1) is 0 Å². The van der Waals surface area contributed by atoms with Crippen molar-refractivity contribution in [3.05, 3.63) is 50.0 Å². The Kier molecular flexibility index (Phi) is 5.18. The summed E-state index contributed by atoms with van der Waals surface area (Å²) in [4.78, 5) is 4.27. The van der Waals surface area contributed by atoms with E-state index in [0.717, 1.165) is 12.8 Å². The lowest BCUT2D eigenvalue weighted by molar-refractivity contribution is -0.142. The molecule has 1 aliphatic carbocycles. The van der Waals surface area contributed by atoms with Crippen LogP contribution in [-0.2, 0) is 19.1 Å². The van der Waals surface area contributed by atoms with Gasteiger partial charge in [0, 0.05) is 22.9 Å². The van der Waals surface area contributed by atoms with Gasteiger partial charge in [0.2, 0.25) is 11.7 Å². The van der Waals surface area contributed by atoms with E-state index in [-0.39, 0.29) is 35.1 Å². The number of halogens is 6. The number of nitrogens with zero attached hydrogens (tertiary/aromatic N) is 4. The molecule has 0 atom stereocenters. The fourth-order valence-electron chi connectivity index (χ4n) is 2.89. The van der Waals surface area contributed by atoms with Gasteiger partial charge >= 0.3 is 6.18 Å². The second-order valence-electron chi connectivity index (χ2n) is 6.43. The molecule has 4 rings (SSSR count). The van der Waals surface area contributed by atoms with Crippen LogP contribution in [0.25, 0.3) is 11.4 Å².